The molecule has 0 bridgehead atoms. The largest absolute Gasteiger partial charge is 0.481 e. The van der Waals surface area contributed by atoms with Crippen molar-refractivity contribution in [3.8, 4) is 0 Å². The SMILES string of the molecule is Cc1ccc2c(c1)c(=O)c(CC(=O)O)cn2Cc1ccc(C(C)(C)C)cc1. The van der Waals surface area contributed by atoms with E-state index in [0.717, 1.165) is 16.6 Å². The summed E-state index contributed by atoms with van der Waals surface area (Å²) in [5, 5.41) is 9.73. The summed E-state index contributed by atoms with van der Waals surface area (Å²) in [6.07, 6.45) is 1.41. The summed E-state index contributed by atoms with van der Waals surface area (Å²) in [6.45, 7) is 9.04. The molecular weight excluding hydrogens is 338 g/mol. The lowest BCUT2D eigenvalue weighted by molar-refractivity contribution is -0.136. The van der Waals surface area contributed by atoms with E-state index < -0.39 is 5.97 Å². The molecule has 3 aromatic rings. The molecule has 0 fully saturated rings. The van der Waals surface area contributed by atoms with Gasteiger partial charge < -0.3 is 9.67 Å². The highest BCUT2D eigenvalue weighted by atomic mass is 16.4. The second kappa shape index (κ2) is 7.03. The number of aromatic nitrogens is 1. The first kappa shape index (κ1) is 18.9. The van der Waals surface area contributed by atoms with Gasteiger partial charge >= 0.3 is 5.97 Å². The summed E-state index contributed by atoms with van der Waals surface area (Å²) < 4.78 is 1.97. The fraction of sp³-hybridized carbons (Fsp3) is 0.304. The average Bonchev–Trinajstić information content (AvgIpc) is 2.58. The molecular formula is C23H25NO3. The third-order valence-corrected chi connectivity index (χ3v) is 4.82. The van der Waals surface area contributed by atoms with Gasteiger partial charge in [-0.15, -0.1) is 0 Å². The second-order valence-corrected chi connectivity index (χ2v) is 8.15. The Hall–Kier alpha value is -2.88. The molecule has 2 aromatic carbocycles. The highest BCUT2D eigenvalue weighted by molar-refractivity contribution is 5.81. The molecule has 1 N–H and O–H groups in total. The van der Waals surface area contributed by atoms with Crippen molar-refractivity contribution in [3.05, 3.63) is 81.1 Å². The Morgan fingerprint density at radius 1 is 1.07 bits per heavy atom. The van der Waals surface area contributed by atoms with E-state index in [4.69, 9.17) is 5.11 Å². The van der Waals surface area contributed by atoms with Gasteiger partial charge in [-0.2, -0.15) is 0 Å². The van der Waals surface area contributed by atoms with Crippen molar-refractivity contribution in [3.63, 3.8) is 0 Å². The Balaban J connectivity index is 2.09. The minimum absolute atomic E-state index is 0.0920. The van der Waals surface area contributed by atoms with Gasteiger partial charge in [0.25, 0.3) is 0 Å². The van der Waals surface area contributed by atoms with Gasteiger partial charge in [0.05, 0.1) is 11.9 Å². The van der Waals surface area contributed by atoms with Crippen molar-refractivity contribution >= 4 is 16.9 Å². The van der Waals surface area contributed by atoms with E-state index >= 15 is 0 Å². The van der Waals surface area contributed by atoms with Crippen LogP contribution in [-0.2, 0) is 23.2 Å². The molecule has 0 spiro atoms. The smallest absolute Gasteiger partial charge is 0.308 e. The molecule has 140 valence electrons. The Bertz CT molecular complexity index is 1050. The van der Waals surface area contributed by atoms with Crippen LogP contribution in [0.5, 0.6) is 0 Å². The molecule has 0 aliphatic rings. The summed E-state index contributed by atoms with van der Waals surface area (Å²) in [5.41, 5.74) is 4.37. The maximum absolute atomic E-state index is 12.7. The second-order valence-electron chi connectivity index (χ2n) is 8.15. The normalized spacial score (nSPS) is 11.7. The Kier molecular flexibility index (Phi) is 4.92. The van der Waals surface area contributed by atoms with E-state index in [9.17, 15) is 9.59 Å². The van der Waals surface area contributed by atoms with Gasteiger partial charge in [0.1, 0.15) is 0 Å². The highest BCUT2D eigenvalue weighted by Crippen LogP contribution is 2.23. The quantitative estimate of drug-likeness (QED) is 0.752. The van der Waals surface area contributed by atoms with E-state index in [1.807, 2.05) is 29.7 Å². The van der Waals surface area contributed by atoms with Gasteiger partial charge in [0.15, 0.2) is 5.43 Å². The average molecular weight is 363 g/mol. The molecule has 1 heterocycles. The molecule has 0 aliphatic heterocycles. The lowest BCUT2D eigenvalue weighted by atomic mass is 9.87. The van der Waals surface area contributed by atoms with Crippen molar-refractivity contribution in [1.82, 2.24) is 4.57 Å². The van der Waals surface area contributed by atoms with E-state index in [2.05, 4.69) is 45.0 Å². The molecule has 0 saturated carbocycles. The first-order valence-corrected chi connectivity index (χ1v) is 9.09. The molecule has 0 unspecified atom stereocenters. The fourth-order valence-corrected chi connectivity index (χ4v) is 3.30. The van der Waals surface area contributed by atoms with Crippen molar-refractivity contribution in [1.29, 1.82) is 0 Å². The van der Waals surface area contributed by atoms with Crippen molar-refractivity contribution < 1.29 is 9.90 Å². The number of aliphatic carboxylic acids is 1. The first-order chi connectivity index (χ1) is 12.6. The summed E-state index contributed by atoms with van der Waals surface area (Å²) in [7, 11) is 0. The molecule has 27 heavy (non-hydrogen) atoms. The van der Waals surface area contributed by atoms with Crippen LogP contribution in [0.1, 0.15) is 43.0 Å². The van der Waals surface area contributed by atoms with E-state index in [-0.39, 0.29) is 17.3 Å². The Morgan fingerprint density at radius 2 is 1.74 bits per heavy atom. The number of pyridine rings is 1. The monoisotopic (exact) mass is 363 g/mol. The number of aryl methyl sites for hydroxylation is 1. The molecule has 4 heteroatoms. The number of hydrogen-bond donors (Lipinski definition) is 1. The zero-order valence-corrected chi connectivity index (χ0v) is 16.2. The van der Waals surface area contributed by atoms with Gasteiger partial charge in [-0.25, -0.2) is 0 Å². The number of benzene rings is 2. The van der Waals surface area contributed by atoms with Crippen LogP contribution < -0.4 is 5.43 Å². The summed E-state index contributed by atoms with van der Waals surface area (Å²) in [4.78, 5) is 23.9. The van der Waals surface area contributed by atoms with Crippen LogP contribution in [0.2, 0.25) is 0 Å². The molecule has 0 aliphatic carbocycles. The van der Waals surface area contributed by atoms with Crippen LogP contribution in [0.3, 0.4) is 0 Å². The van der Waals surface area contributed by atoms with Crippen molar-refractivity contribution in [2.75, 3.05) is 0 Å². The number of carboxylic acids is 1. The number of rotatable bonds is 4. The predicted molar refractivity (Wildman–Crippen MR) is 109 cm³/mol. The topological polar surface area (TPSA) is 59.3 Å². The molecule has 1 aromatic heterocycles. The minimum atomic E-state index is -1.000. The van der Waals surface area contributed by atoms with Crippen molar-refractivity contribution in [2.24, 2.45) is 0 Å². The van der Waals surface area contributed by atoms with Crippen LogP contribution in [0.25, 0.3) is 10.9 Å². The Labute approximate surface area is 159 Å². The van der Waals surface area contributed by atoms with E-state index in [1.165, 1.54) is 5.56 Å². The maximum atomic E-state index is 12.7. The van der Waals surface area contributed by atoms with E-state index in [0.29, 0.717) is 17.5 Å². The third kappa shape index (κ3) is 4.11. The van der Waals surface area contributed by atoms with Gasteiger partial charge in [0, 0.05) is 23.7 Å². The highest BCUT2D eigenvalue weighted by Gasteiger charge is 2.14. The van der Waals surface area contributed by atoms with Crippen LogP contribution in [0, 0.1) is 6.92 Å². The lowest BCUT2D eigenvalue weighted by Gasteiger charge is -2.19. The molecule has 3 rings (SSSR count). The third-order valence-electron chi connectivity index (χ3n) is 4.82. The zero-order valence-electron chi connectivity index (χ0n) is 16.2. The van der Waals surface area contributed by atoms with Crippen LogP contribution in [0.4, 0.5) is 0 Å². The summed E-state index contributed by atoms with van der Waals surface area (Å²) in [5.74, 6) is -1.000. The maximum Gasteiger partial charge on any atom is 0.308 e. The van der Waals surface area contributed by atoms with Crippen LogP contribution >= 0.6 is 0 Å². The van der Waals surface area contributed by atoms with Gasteiger partial charge in [0.2, 0.25) is 0 Å². The van der Waals surface area contributed by atoms with Crippen LogP contribution in [0.15, 0.2) is 53.5 Å². The van der Waals surface area contributed by atoms with Crippen LogP contribution in [-0.4, -0.2) is 15.6 Å². The number of carboxylic acid groups (broad SMARTS) is 1. The summed E-state index contributed by atoms with van der Waals surface area (Å²) >= 11 is 0. The molecule has 0 atom stereocenters. The summed E-state index contributed by atoms with van der Waals surface area (Å²) in [6, 6.07) is 14.2. The van der Waals surface area contributed by atoms with Crippen molar-refractivity contribution in [2.45, 2.75) is 46.1 Å². The first-order valence-electron chi connectivity index (χ1n) is 9.09. The van der Waals surface area contributed by atoms with Gasteiger partial charge in [-0.3, -0.25) is 9.59 Å². The number of fused-ring (bicyclic) bond motifs is 1. The Morgan fingerprint density at radius 3 is 2.33 bits per heavy atom. The standard InChI is InChI=1S/C23H25NO3/c1-15-5-10-20-19(11-15)22(27)17(12-21(25)26)14-24(20)13-16-6-8-18(9-7-16)23(2,3)4/h5-11,14H,12-13H2,1-4H3,(H,25,26). The molecule has 0 radical (unpaired) electrons. The van der Waals surface area contributed by atoms with Gasteiger partial charge in [-0.1, -0.05) is 56.7 Å². The predicted octanol–water partition coefficient (Wildman–Crippen LogP) is 4.28. The molecule has 0 saturated heterocycles. The number of hydrogen-bond acceptors (Lipinski definition) is 2. The molecule has 0 amide bonds. The number of nitrogens with zero attached hydrogens (tertiary/aromatic N) is 1. The van der Waals surface area contributed by atoms with Gasteiger partial charge in [-0.05, 0) is 35.6 Å². The zero-order chi connectivity index (χ0) is 19.8. The lowest BCUT2D eigenvalue weighted by Crippen LogP contribution is -2.18. The fourth-order valence-electron chi connectivity index (χ4n) is 3.30. The minimum Gasteiger partial charge on any atom is -0.481 e. The molecule has 4 nitrogen and oxygen atoms in total. The number of carbonyl (C=O) groups is 1. The van der Waals surface area contributed by atoms with E-state index in [1.54, 1.807) is 6.20 Å².